The van der Waals surface area contributed by atoms with E-state index >= 15 is 0 Å². The lowest BCUT2D eigenvalue weighted by Gasteiger charge is -2.19. The zero-order valence-electron chi connectivity index (χ0n) is 12.5. The van der Waals surface area contributed by atoms with Gasteiger partial charge in [-0.2, -0.15) is 13.2 Å². The molecule has 0 aliphatic carbocycles. The number of rotatable bonds is 2. The predicted molar refractivity (Wildman–Crippen MR) is 90.7 cm³/mol. The van der Waals surface area contributed by atoms with Crippen LogP contribution in [0.3, 0.4) is 0 Å². The fraction of sp³-hybridized carbons (Fsp3) is 0.0588. The highest BCUT2D eigenvalue weighted by Gasteiger charge is 2.40. The number of nitrogens with one attached hydrogen (secondary N) is 1. The number of hydrogen-bond acceptors (Lipinski definition) is 3. The van der Waals surface area contributed by atoms with E-state index in [9.17, 15) is 23.1 Å². The molecule has 2 N–H and O–H groups in total. The van der Waals surface area contributed by atoms with Crippen molar-refractivity contribution in [2.75, 3.05) is 4.90 Å². The minimum Gasteiger partial charge on any atom is -0.507 e. The van der Waals surface area contributed by atoms with E-state index < -0.39 is 17.6 Å². The first-order chi connectivity index (χ1) is 11.8. The number of nitrogens with zero attached hydrogens (tertiary/aromatic N) is 1. The zero-order chi connectivity index (χ0) is 18.2. The van der Waals surface area contributed by atoms with Gasteiger partial charge < -0.3 is 10.4 Å². The van der Waals surface area contributed by atoms with Crippen molar-refractivity contribution in [2.24, 2.45) is 0 Å². The van der Waals surface area contributed by atoms with Crippen LogP contribution in [-0.2, 0) is 11.0 Å². The Hall–Kier alpha value is -2.87. The van der Waals surface area contributed by atoms with E-state index in [2.05, 4.69) is 5.32 Å². The smallest absolute Gasteiger partial charge is 0.418 e. The highest BCUT2D eigenvalue weighted by atomic mass is 32.1. The van der Waals surface area contributed by atoms with Gasteiger partial charge in [-0.1, -0.05) is 30.3 Å². The molecule has 1 saturated heterocycles. The molecule has 1 aliphatic heterocycles. The second-order valence-electron chi connectivity index (χ2n) is 5.20. The van der Waals surface area contributed by atoms with Crippen LogP contribution in [0.25, 0.3) is 6.08 Å². The minimum atomic E-state index is -4.63. The maximum absolute atomic E-state index is 13.2. The molecule has 0 saturated carbocycles. The van der Waals surface area contributed by atoms with Gasteiger partial charge in [0.15, 0.2) is 5.11 Å². The van der Waals surface area contributed by atoms with E-state index in [1.807, 2.05) is 0 Å². The number of phenolic OH excluding ortho intramolecular Hbond substituents is 1. The van der Waals surface area contributed by atoms with Crippen LogP contribution in [0, 0.1) is 0 Å². The van der Waals surface area contributed by atoms with Gasteiger partial charge in [0.1, 0.15) is 11.4 Å². The average Bonchev–Trinajstić information content (AvgIpc) is 2.83. The molecule has 4 nitrogen and oxygen atoms in total. The van der Waals surface area contributed by atoms with Crippen molar-refractivity contribution in [3.05, 3.63) is 65.4 Å². The molecule has 0 unspecified atom stereocenters. The summed E-state index contributed by atoms with van der Waals surface area (Å²) in [6.45, 7) is 0. The van der Waals surface area contributed by atoms with Gasteiger partial charge >= 0.3 is 6.18 Å². The molecule has 0 atom stereocenters. The van der Waals surface area contributed by atoms with Crippen LogP contribution in [0.5, 0.6) is 5.75 Å². The summed E-state index contributed by atoms with van der Waals surface area (Å²) in [6.07, 6.45) is -3.29. The fourth-order valence-electron chi connectivity index (χ4n) is 2.43. The van der Waals surface area contributed by atoms with Gasteiger partial charge in [-0.25, -0.2) is 0 Å². The van der Waals surface area contributed by atoms with Crippen LogP contribution in [0.4, 0.5) is 18.9 Å². The van der Waals surface area contributed by atoms with E-state index in [1.165, 1.54) is 30.3 Å². The zero-order valence-corrected chi connectivity index (χ0v) is 13.4. The van der Waals surface area contributed by atoms with E-state index in [4.69, 9.17) is 12.2 Å². The first kappa shape index (κ1) is 17.0. The van der Waals surface area contributed by atoms with E-state index in [0.29, 0.717) is 5.56 Å². The Kier molecular flexibility index (Phi) is 4.22. The molecular formula is C17H11F3N2O2S. The van der Waals surface area contributed by atoms with Gasteiger partial charge in [-0.15, -0.1) is 0 Å². The Morgan fingerprint density at radius 3 is 2.40 bits per heavy atom. The van der Waals surface area contributed by atoms with Crippen molar-refractivity contribution in [1.82, 2.24) is 5.32 Å². The molecule has 1 fully saturated rings. The largest absolute Gasteiger partial charge is 0.507 e. The summed E-state index contributed by atoms with van der Waals surface area (Å²) in [6, 6.07) is 11.0. The topological polar surface area (TPSA) is 52.6 Å². The van der Waals surface area contributed by atoms with Crippen LogP contribution in [0.15, 0.2) is 54.2 Å². The quantitative estimate of drug-likeness (QED) is 0.631. The number of amides is 1. The monoisotopic (exact) mass is 364 g/mol. The number of anilines is 1. The molecule has 2 aromatic carbocycles. The third-order valence-electron chi connectivity index (χ3n) is 3.57. The molecule has 3 rings (SSSR count). The lowest BCUT2D eigenvalue weighted by molar-refractivity contribution is -0.137. The summed E-state index contributed by atoms with van der Waals surface area (Å²) in [5.41, 5.74) is -0.995. The predicted octanol–water partition coefficient (Wildman–Crippen LogP) is 3.67. The first-order valence-electron chi connectivity index (χ1n) is 7.10. The SMILES string of the molecule is O=C1/C(=C\c2ccccc2O)NC(=S)N1c1ccccc1C(F)(F)F. The molecule has 25 heavy (non-hydrogen) atoms. The Morgan fingerprint density at radius 1 is 1.08 bits per heavy atom. The van der Waals surface area contributed by atoms with E-state index in [0.717, 1.165) is 11.0 Å². The normalized spacial score (nSPS) is 16.4. The lowest BCUT2D eigenvalue weighted by atomic mass is 10.1. The number of carbonyl (C=O) groups excluding carboxylic acids is 1. The Balaban J connectivity index is 2.03. The molecule has 2 aromatic rings. The average molecular weight is 364 g/mol. The molecule has 1 heterocycles. The number of carbonyl (C=O) groups is 1. The molecule has 1 aliphatic rings. The number of aromatic hydroxyl groups is 1. The first-order valence-corrected chi connectivity index (χ1v) is 7.51. The molecule has 8 heteroatoms. The van der Waals surface area contributed by atoms with Gasteiger partial charge in [0.25, 0.3) is 5.91 Å². The second kappa shape index (κ2) is 6.21. The van der Waals surface area contributed by atoms with Gasteiger partial charge in [0.05, 0.1) is 11.3 Å². The maximum Gasteiger partial charge on any atom is 0.418 e. The molecule has 0 aromatic heterocycles. The van der Waals surface area contributed by atoms with Crippen molar-refractivity contribution in [1.29, 1.82) is 0 Å². The number of thiocarbonyl (C=S) groups is 1. The third kappa shape index (κ3) is 3.20. The van der Waals surface area contributed by atoms with Crippen LogP contribution >= 0.6 is 12.2 Å². The number of alkyl halides is 3. The van der Waals surface area contributed by atoms with Crippen molar-refractivity contribution < 1.29 is 23.1 Å². The molecule has 0 radical (unpaired) electrons. The van der Waals surface area contributed by atoms with Gasteiger partial charge in [0.2, 0.25) is 0 Å². The van der Waals surface area contributed by atoms with Gasteiger partial charge in [-0.05, 0) is 36.5 Å². The summed E-state index contributed by atoms with van der Waals surface area (Å²) in [5, 5.41) is 12.2. The van der Waals surface area contributed by atoms with Crippen molar-refractivity contribution in [2.45, 2.75) is 6.18 Å². The summed E-state index contributed by atoms with van der Waals surface area (Å²) in [7, 11) is 0. The van der Waals surface area contributed by atoms with Crippen molar-refractivity contribution >= 4 is 35.0 Å². The Bertz CT molecular complexity index is 893. The molecule has 0 bridgehead atoms. The van der Waals surface area contributed by atoms with Crippen molar-refractivity contribution in [3.63, 3.8) is 0 Å². The number of benzene rings is 2. The number of phenols is 1. The summed E-state index contributed by atoms with van der Waals surface area (Å²) < 4.78 is 39.6. The molecule has 1 amide bonds. The summed E-state index contributed by atoms with van der Waals surface area (Å²) in [5.74, 6) is -0.797. The molecule has 128 valence electrons. The maximum atomic E-state index is 13.2. The summed E-state index contributed by atoms with van der Waals surface area (Å²) >= 11 is 5.03. The van der Waals surface area contributed by atoms with Crippen LogP contribution in [-0.4, -0.2) is 16.1 Å². The van der Waals surface area contributed by atoms with E-state index in [-0.39, 0.29) is 22.2 Å². The minimum absolute atomic E-state index is 0.0246. The van der Waals surface area contributed by atoms with Crippen LogP contribution < -0.4 is 10.2 Å². The summed E-state index contributed by atoms with van der Waals surface area (Å²) in [4.78, 5) is 13.4. The van der Waals surface area contributed by atoms with Crippen LogP contribution in [0.2, 0.25) is 0 Å². The lowest BCUT2D eigenvalue weighted by Crippen LogP contribution is -2.32. The number of hydrogen-bond donors (Lipinski definition) is 2. The number of para-hydroxylation sites is 2. The molecule has 0 spiro atoms. The Labute approximate surface area is 146 Å². The van der Waals surface area contributed by atoms with Crippen LogP contribution in [0.1, 0.15) is 11.1 Å². The van der Waals surface area contributed by atoms with Gasteiger partial charge in [-0.3, -0.25) is 9.69 Å². The standard InChI is InChI=1S/C17H11F3N2O2S/c18-17(19,20)11-6-2-3-7-13(11)22-15(24)12(21-16(22)25)9-10-5-1-4-8-14(10)23/h1-9,23H,(H,21,25)/b12-9+. The van der Waals surface area contributed by atoms with Crippen molar-refractivity contribution in [3.8, 4) is 5.75 Å². The van der Waals surface area contributed by atoms with E-state index in [1.54, 1.807) is 18.2 Å². The van der Waals surface area contributed by atoms with Gasteiger partial charge in [0, 0.05) is 5.56 Å². The highest BCUT2D eigenvalue weighted by Crippen LogP contribution is 2.38. The molecular weight excluding hydrogens is 353 g/mol. The Morgan fingerprint density at radius 2 is 1.72 bits per heavy atom. The fourth-order valence-corrected chi connectivity index (χ4v) is 2.72. The second-order valence-corrected chi connectivity index (χ2v) is 5.59. The number of halogens is 3. The highest BCUT2D eigenvalue weighted by molar-refractivity contribution is 7.80. The third-order valence-corrected chi connectivity index (χ3v) is 3.85.